The van der Waals surface area contributed by atoms with E-state index in [1.807, 2.05) is 0 Å². The van der Waals surface area contributed by atoms with Gasteiger partial charge >= 0.3 is 31.3 Å². The fourth-order valence-corrected chi connectivity index (χ4v) is 9.11. The highest BCUT2D eigenvalue weighted by Crippen LogP contribution is 2.61. The number of phosphoric ester groups is 4. The Kier molecular flexibility index (Phi) is 17.7. The summed E-state index contributed by atoms with van der Waals surface area (Å²) < 4.78 is 77.3. The molecule has 2 aromatic heterocycles. The second-order valence-electron chi connectivity index (χ2n) is 12.7. The number of fused-ring (bicyclic) bond motifs is 1. The van der Waals surface area contributed by atoms with Crippen molar-refractivity contribution in [2.24, 2.45) is 5.41 Å². The van der Waals surface area contributed by atoms with Crippen LogP contribution in [0.1, 0.15) is 39.8 Å². The Balaban J connectivity index is 1.48. The molecule has 58 heavy (non-hydrogen) atoms. The molecule has 2 amide bonds. The number of hydrogen-bond donors (Lipinski definition) is 11. The molecule has 0 aromatic carbocycles. The average molecular weight is 934 g/mol. The zero-order valence-corrected chi connectivity index (χ0v) is 34.9. The van der Waals surface area contributed by atoms with Gasteiger partial charge in [-0.1, -0.05) is 32.5 Å². The summed E-state index contributed by atoms with van der Waals surface area (Å²) in [5, 5.41) is 25.5. The van der Waals surface area contributed by atoms with Crippen LogP contribution in [0.25, 0.3) is 11.2 Å². The molecule has 0 aliphatic carbocycles. The lowest BCUT2D eigenvalue weighted by atomic mass is 9.87. The molecule has 1 saturated heterocycles. The summed E-state index contributed by atoms with van der Waals surface area (Å²) in [7, 11) is -21.4. The Labute approximate surface area is 332 Å². The Morgan fingerprint density at radius 1 is 1.00 bits per heavy atom. The Morgan fingerprint density at radius 2 is 1.66 bits per heavy atom. The fraction of sp³-hybridized carbons (Fsp3) is 0.680. The number of phosphoric acid groups is 4. The number of amides is 2. The van der Waals surface area contributed by atoms with E-state index in [2.05, 4.69) is 38.9 Å². The number of nitrogens with one attached hydrogen (secondary N) is 2. The maximum Gasteiger partial charge on any atom is 0.481 e. The minimum Gasteiger partial charge on any atom is -0.386 e. The van der Waals surface area contributed by atoms with Crippen molar-refractivity contribution in [3.8, 4) is 0 Å². The van der Waals surface area contributed by atoms with E-state index in [9.17, 15) is 62.4 Å². The number of hydrogen-bond acceptors (Lipinski definition) is 20. The molecule has 8 unspecified atom stereocenters. The fourth-order valence-electron chi connectivity index (χ4n) is 4.82. The first kappa shape index (κ1) is 50.0. The van der Waals surface area contributed by atoms with Crippen molar-refractivity contribution < 1.29 is 99.4 Å². The van der Waals surface area contributed by atoms with Crippen molar-refractivity contribution in [1.82, 2.24) is 30.2 Å². The van der Waals surface area contributed by atoms with Crippen LogP contribution in [0, 0.1) is 5.41 Å². The highest BCUT2D eigenvalue weighted by molar-refractivity contribution is 8.13. The van der Waals surface area contributed by atoms with Gasteiger partial charge in [-0.3, -0.25) is 37.0 Å². The van der Waals surface area contributed by atoms with Crippen molar-refractivity contribution in [3.05, 3.63) is 12.7 Å². The largest absolute Gasteiger partial charge is 0.481 e. The van der Waals surface area contributed by atoms with Crippen molar-refractivity contribution in [2.45, 2.75) is 70.4 Å². The number of aliphatic hydroxyl groups excluding tert-OH is 2. The minimum absolute atomic E-state index is 0.000911. The first-order chi connectivity index (χ1) is 26.7. The van der Waals surface area contributed by atoms with E-state index in [-0.39, 0.29) is 48.7 Å². The van der Waals surface area contributed by atoms with Crippen molar-refractivity contribution in [1.29, 1.82) is 0 Å². The van der Waals surface area contributed by atoms with Crippen LogP contribution < -0.4 is 16.4 Å². The number of ether oxygens (including phenoxy) is 1. The Hall–Kier alpha value is -2.33. The second kappa shape index (κ2) is 20.5. The smallest absolute Gasteiger partial charge is 0.386 e. The summed E-state index contributed by atoms with van der Waals surface area (Å²) >= 11 is 0.675. The maximum absolute atomic E-state index is 12.7. The van der Waals surface area contributed by atoms with Crippen molar-refractivity contribution in [3.63, 3.8) is 0 Å². The predicted molar refractivity (Wildman–Crippen MR) is 194 cm³/mol. The van der Waals surface area contributed by atoms with Crippen LogP contribution in [0.4, 0.5) is 5.82 Å². The van der Waals surface area contributed by atoms with Gasteiger partial charge in [-0.2, -0.15) is 4.31 Å². The average Bonchev–Trinajstić information content (AvgIpc) is 3.66. The highest BCUT2D eigenvalue weighted by Gasteiger charge is 2.50. The molecule has 2 aromatic rings. The lowest BCUT2D eigenvalue weighted by molar-refractivity contribution is -0.137. The molecule has 330 valence electrons. The molecule has 28 nitrogen and oxygen atoms in total. The first-order valence-corrected chi connectivity index (χ1v) is 23.5. The number of aliphatic hydroxyl groups is 2. The number of imidazole rings is 1. The van der Waals surface area contributed by atoms with Gasteiger partial charge in [0.1, 0.15) is 42.4 Å². The van der Waals surface area contributed by atoms with Crippen LogP contribution in [-0.4, -0.2) is 139 Å². The SMILES string of the molecule is CCC(OP(=O)(O)O)C(=O)SCCNC(=O)CCNC(=O)C(O)C(C)(C)COP(=O)(O)OP(=O)(O)OCC1OC(n2cnc3c(N)ncnc32)C(O)C1OP(=O)(O)O. The number of nitrogen functional groups attached to an aromatic ring is 1. The summed E-state index contributed by atoms with van der Waals surface area (Å²) in [6, 6.07) is 0. The highest BCUT2D eigenvalue weighted by atomic mass is 32.2. The van der Waals surface area contributed by atoms with E-state index < -0.39 is 104 Å². The van der Waals surface area contributed by atoms with Gasteiger partial charge in [-0.05, 0) is 6.42 Å². The van der Waals surface area contributed by atoms with Crippen LogP contribution in [0.15, 0.2) is 12.7 Å². The lowest BCUT2D eigenvalue weighted by Gasteiger charge is -2.30. The molecule has 1 aliphatic heterocycles. The van der Waals surface area contributed by atoms with E-state index in [0.717, 1.165) is 17.2 Å². The number of carbonyl (C=O) groups excluding carboxylic acids is 3. The number of anilines is 1. The molecule has 1 fully saturated rings. The number of aromatic nitrogens is 4. The quantitative estimate of drug-likeness (QED) is 0.0448. The summed E-state index contributed by atoms with van der Waals surface area (Å²) in [5.74, 6) is -1.65. The van der Waals surface area contributed by atoms with Gasteiger partial charge in [0.25, 0.3) is 0 Å². The molecule has 8 atom stereocenters. The number of rotatable bonds is 23. The van der Waals surface area contributed by atoms with Crippen LogP contribution in [0.2, 0.25) is 0 Å². The van der Waals surface area contributed by atoms with Gasteiger partial charge < -0.3 is 60.7 Å². The minimum atomic E-state index is -5.61. The van der Waals surface area contributed by atoms with Gasteiger partial charge in [0.2, 0.25) is 16.9 Å². The first-order valence-electron chi connectivity index (χ1n) is 16.4. The van der Waals surface area contributed by atoms with Gasteiger partial charge in [-0.15, -0.1) is 0 Å². The zero-order chi connectivity index (χ0) is 43.9. The van der Waals surface area contributed by atoms with Gasteiger partial charge in [0.05, 0.1) is 19.5 Å². The van der Waals surface area contributed by atoms with Gasteiger partial charge in [-0.25, -0.2) is 33.2 Å². The molecule has 33 heteroatoms. The van der Waals surface area contributed by atoms with E-state index >= 15 is 0 Å². The molecule has 0 saturated carbocycles. The standard InChI is InChI=1S/C25H43N7O21P4S/c1-4-13(51-54(38,39)40)24(37)58-8-7-27-15(33)5-6-28-22(36)19(35)25(2,3)10-49-57(46,47)53-56(44,45)48-9-14-18(52-55(41,42)43)17(34)23(50-14)32-12-31-16-20(26)29-11-30-21(16)32/h11-14,17-19,23,34-35H,4-10H2,1-3H3,(H,27,33)(H,28,36)(H,44,45)(H,46,47)(H2,26,29,30)(H2,38,39,40)(H2,41,42,43). The molecule has 0 spiro atoms. The predicted octanol–water partition coefficient (Wildman–Crippen LogP) is -1.45. The van der Waals surface area contributed by atoms with Crippen LogP contribution in [0.5, 0.6) is 0 Å². The summed E-state index contributed by atoms with van der Waals surface area (Å²) in [4.78, 5) is 105. The van der Waals surface area contributed by atoms with E-state index in [0.29, 0.717) is 11.8 Å². The Bertz CT molecular complexity index is 1960. The van der Waals surface area contributed by atoms with Crippen LogP contribution in [-0.2, 0) is 59.8 Å². The molecule has 3 rings (SSSR count). The lowest BCUT2D eigenvalue weighted by Crippen LogP contribution is -2.46. The van der Waals surface area contributed by atoms with Crippen molar-refractivity contribution >= 4 is 77.0 Å². The van der Waals surface area contributed by atoms with E-state index in [1.165, 1.54) is 20.8 Å². The summed E-state index contributed by atoms with van der Waals surface area (Å²) in [5.41, 5.74) is 4.16. The third-order valence-electron chi connectivity index (χ3n) is 7.64. The third kappa shape index (κ3) is 15.3. The van der Waals surface area contributed by atoms with Gasteiger partial charge in [0.15, 0.2) is 17.7 Å². The zero-order valence-electron chi connectivity index (χ0n) is 30.5. The molecule has 0 bridgehead atoms. The number of carbonyl (C=O) groups is 3. The van der Waals surface area contributed by atoms with Gasteiger partial charge in [0, 0.05) is 30.7 Å². The van der Waals surface area contributed by atoms with Crippen molar-refractivity contribution in [2.75, 3.05) is 37.8 Å². The molecular weight excluding hydrogens is 890 g/mol. The maximum atomic E-state index is 12.7. The third-order valence-corrected chi connectivity index (χ3v) is 12.2. The Morgan fingerprint density at radius 3 is 2.28 bits per heavy atom. The monoisotopic (exact) mass is 933 g/mol. The van der Waals surface area contributed by atoms with E-state index in [1.54, 1.807) is 0 Å². The molecule has 3 heterocycles. The molecule has 0 radical (unpaired) electrons. The van der Waals surface area contributed by atoms with E-state index in [4.69, 9.17) is 29.3 Å². The van der Waals surface area contributed by atoms with Crippen LogP contribution in [0.3, 0.4) is 0 Å². The summed E-state index contributed by atoms with van der Waals surface area (Å²) in [6.07, 6.45) is -8.57. The number of nitrogens with zero attached hydrogens (tertiary/aromatic N) is 4. The summed E-state index contributed by atoms with van der Waals surface area (Å²) in [6.45, 7) is 1.47. The topological polar surface area (TPSA) is 430 Å². The normalized spacial score (nSPS) is 22.2. The molecule has 1 aliphatic rings. The molecular formula is C25H43N7O21P4S. The number of nitrogens with two attached hydrogens (primary N) is 1. The number of thioether (sulfide) groups is 1. The van der Waals surface area contributed by atoms with Crippen LogP contribution >= 0.6 is 43.1 Å². The second-order valence-corrected chi connectivity index (χ2v) is 19.3. The molecule has 12 N–H and O–H groups in total.